The predicted molar refractivity (Wildman–Crippen MR) is 205 cm³/mol. The van der Waals surface area contributed by atoms with Crippen LogP contribution in [0.2, 0.25) is 0 Å². The van der Waals surface area contributed by atoms with Crippen molar-refractivity contribution in [1.82, 2.24) is 0 Å². The van der Waals surface area contributed by atoms with Gasteiger partial charge in [-0.05, 0) is 73.5 Å². The summed E-state index contributed by atoms with van der Waals surface area (Å²) in [6.07, 6.45) is 0. The summed E-state index contributed by atoms with van der Waals surface area (Å²) in [7, 11) is -19.2. The van der Waals surface area contributed by atoms with Crippen molar-refractivity contribution in [3.8, 4) is 11.5 Å². The normalized spacial score (nSPS) is 15.4. The fourth-order valence-electron chi connectivity index (χ4n) is 7.26. The van der Waals surface area contributed by atoms with Gasteiger partial charge in [0.25, 0.3) is 40.3 Å². The van der Waals surface area contributed by atoms with Crippen LogP contribution in [0.15, 0.2) is 105 Å². The number of amides is 2. The van der Waals surface area contributed by atoms with E-state index in [1.165, 1.54) is 62.4 Å². The standard InChI is InChI=1S/C35H26N4O13S4/c1-17-9-11-23-31(33(17)53(43,44)38(23)21-13-15-25(40)19-5-3-7-27(29(19)21)55(47,48)49)36-35(42)37-32-24-12-10-18(2)34(32)54(45,46)39(24)22-14-16-26(41)20-6-4-8-28(30(20)22)56(50,51)52/h3-16,40-41H,1-2H3,(H2,36,37,42)(H,47,48,49)(H,50,51,52). The molecule has 2 aliphatic rings. The van der Waals surface area contributed by atoms with Gasteiger partial charge in [-0.25, -0.2) is 30.2 Å². The number of aromatic hydroxyl groups is 2. The number of carbonyl (C=O) groups excluding carboxylic acids is 1. The lowest BCUT2D eigenvalue weighted by Crippen LogP contribution is -2.22. The second-order valence-corrected chi connectivity index (χ2v) is 19.1. The molecular weight excluding hydrogens is 813 g/mol. The topological polar surface area (TPSA) is 265 Å². The van der Waals surface area contributed by atoms with E-state index in [1.54, 1.807) is 0 Å². The lowest BCUT2D eigenvalue weighted by molar-refractivity contribution is 0.262. The Balaban J connectivity index is 1.25. The van der Waals surface area contributed by atoms with Gasteiger partial charge in [-0.2, -0.15) is 16.8 Å². The molecule has 6 aromatic rings. The Morgan fingerprint density at radius 2 is 0.911 bits per heavy atom. The zero-order valence-electron chi connectivity index (χ0n) is 28.6. The molecule has 0 aromatic heterocycles. The summed E-state index contributed by atoms with van der Waals surface area (Å²) < 4.78 is 128. The molecule has 0 atom stereocenters. The largest absolute Gasteiger partial charge is 0.507 e. The first-order chi connectivity index (χ1) is 26.2. The number of sulfonamides is 2. The first-order valence-corrected chi connectivity index (χ1v) is 21.8. The van der Waals surface area contributed by atoms with Crippen molar-refractivity contribution in [2.24, 2.45) is 0 Å². The maximum atomic E-state index is 14.3. The molecule has 0 spiro atoms. The van der Waals surface area contributed by atoms with Crippen LogP contribution in [-0.2, 0) is 40.3 Å². The minimum absolute atomic E-state index is 0.106. The summed E-state index contributed by atoms with van der Waals surface area (Å²) in [5.74, 6) is -0.833. The second kappa shape index (κ2) is 12.0. The highest BCUT2D eigenvalue weighted by Gasteiger charge is 2.45. The van der Waals surface area contributed by atoms with E-state index >= 15 is 0 Å². The van der Waals surface area contributed by atoms with Crippen LogP contribution in [0.5, 0.6) is 11.5 Å². The van der Waals surface area contributed by atoms with Gasteiger partial charge in [0.15, 0.2) is 0 Å². The molecule has 6 aromatic carbocycles. The van der Waals surface area contributed by atoms with Crippen molar-refractivity contribution in [1.29, 1.82) is 0 Å². The number of benzene rings is 6. The van der Waals surface area contributed by atoms with Crippen LogP contribution in [0.3, 0.4) is 0 Å². The highest BCUT2D eigenvalue weighted by atomic mass is 32.2. The summed E-state index contributed by atoms with van der Waals surface area (Å²) in [4.78, 5) is 11.7. The van der Waals surface area contributed by atoms with Gasteiger partial charge >= 0.3 is 6.03 Å². The number of nitrogens with zero attached hydrogens (tertiary/aromatic N) is 2. The summed E-state index contributed by atoms with van der Waals surface area (Å²) in [6.45, 7) is 2.89. The zero-order valence-corrected chi connectivity index (χ0v) is 31.8. The number of nitrogens with one attached hydrogen (secondary N) is 2. The third-order valence-corrected chi connectivity index (χ3v) is 15.1. The number of urea groups is 1. The van der Waals surface area contributed by atoms with E-state index in [1.807, 2.05) is 0 Å². The Morgan fingerprint density at radius 1 is 0.554 bits per heavy atom. The molecule has 0 fully saturated rings. The summed E-state index contributed by atoms with van der Waals surface area (Å²) in [6, 6.07) is 16.1. The number of phenolic OH excluding ortho intramolecular Hbond substituents is 2. The number of hydrogen-bond donors (Lipinski definition) is 6. The first-order valence-electron chi connectivity index (χ1n) is 16.1. The number of phenols is 2. The molecule has 6 N–H and O–H groups in total. The van der Waals surface area contributed by atoms with E-state index < -0.39 is 77.4 Å². The molecular formula is C35H26N4O13S4. The molecule has 8 rings (SSSR count). The molecule has 0 unspecified atom stereocenters. The average molecular weight is 839 g/mol. The van der Waals surface area contributed by atoms with E-state index in [-0.39, 0.29) is 66.8 Å². The van der Waals surface area contributed by atoms with Gasteiger partial charge in [-0.3, -0.25) is 9.11 Å². The zero-order chi connectivity index (χ0) is 40.4. The fourth-order valence-corrected chi connectivity index (χ4v) is 12.5. The number of hydrogen-bond acceptors (Lipinski definition) is 11. The highest BCUT2D eigenvalue weighted by Crippen LogP contribution is 2.54. The maximum absolute atomic E-state index is 14.3. The van der Waals surface area contributed by atoms with Crippen molar-refractivity contribution in [3.05, 3.63) is 96.1 Å². The first kappa shape index (κ1) is 37.0. The van der Waals surface area contributed by atoms with E-state index in [4.69, 9.17) is 0 Å². The quantitative estimate of drug-likeness (QED) is 0.108. The fraction of sp³-hybridized carbons (Fsp3) is 0.0571. The highest BCUT2D eigenvalue weighted by molar-refractivity contribution is 7.94. The van der Waals surface area contributed by atoms with E-state index in [9.17, 15) is 57.8 Å². The molecule has 0 aliphatic carbocycles. The smallest absolute Gasteiger partial charge is 0.323 e. The number of anilines is 6. The summed E-state index contributed by atoms with van der Waals surface area (Å²) >= 11 is 0. The maximum Gasteiger partial charge on any atom is 0.323 e. The third kappa shape index (κ3) is 5.27. The Labute approximate surface area is 318 Å². The van der Waals surface area contributed by atoms with Gasteiger partial charge in [0.1, 0.15) is 31.1 Å². The predicted octanol–water partition coefficient (Wildman–Crippen LogP) is 5.84. The number of carbonyl (C=O) groups is 1. The summed E-state index contributed by atoms with van der Waals surface area (Å²) in [5.41, 5.74) is -1.14. The number of rotatable bonds is 6. The Bertz CT molecular complexity index is 3050. The van der Waals surface area contributed by atoms with Crippen molar-refractivity contribution < 1.29 is 57.8 Å². The second-order valence-electron chi connectivity index (χ2n) is 12.8. The number of fused-ring (bicyclic) bond motifs is 6. The molecule has 288 valence electrons. The third-order valence-electron chi connectivity index (χ3n) is 9.48. The van der Waals surface area contributed by atoms with E-state index in [2.05, 4.69) is 10.6 Å². The van der Waals surface area contributed by atoms with Crippen molar-refractivity contribution in [2.75, 3.05) is 19.2 Å². The van der Waals surface area contributed by atoms with Crippen LogP contribution in [0.4, 0.5) is 38.9 Å². The lowest BCUT2D eigenvalue weighted by atomic mass is 10.1. The Hall–Kier alpha value is -5.97. The van der Waals surface area contributed by atoms with Gasteiger partial charge in [-0.15, -0.1) is 0 Å². The monoisotopic (exact) mass is 838 g/mol. The minimum atomic E-state index is -4.97. The van der Waals surface area contributed by atoms with Crippen molar-refractivity contribution >= 4 is 102 Å². The lowest BCUT2D eigenvalue weighted by Gasteiger charge is -2.22. The van der Waals surface area contributed by atoms with Crippen molar-refractivity contribution in [3.63, 3.8) is 0 Å². The summed E-state index contributed by atoms with van der Waals surface area (Å²) in [5, 5.41) is 25.2. The van der Waals surface area contributed by atoms with Gasteiger partial charge in [0, 0.05) is 21.5 Å². The molecule has 0 saturated heterocycles. The molecule has 21 heteroatoms. The van der Waals surface area contributed by atoms with Gasteiger partial charge in [0.2, 0.25) is 0 Å². The van der Waals surface area contributed by atoms with Gasteiger partial charge in [-0.1, -0.05) is 36.4 Å². The van der Waals surface area contributed by atoms with Gasteiger partial charge in [0.05, 0.1) is 34.1 Å². The molecule has 56 heavy (non-hydrogen) atoms. The van der Waals surface area contributed by atoms with Crippen molar-refractivity contribution in [2.45, 2.75) is 33.4 Å². The van der Waals surface area contributed by atoms with Crippen LogP contribution in [0.1, 0.15) is 11.1 Å². The Morgan fingerprint density at radius 3 is 1.27 bits per heavy atom. The molecule has 17 nitrogen and oxygen atoms in total. The molecule has 2 heterocycles. The molecule has 4 bridgehead atoms. The van der Waals surface area contributed by atoms with E-state index in [0.717, 1.165) is 45.0 Å². The van der Waals surface area contributed by atoms with E-state index in [0.29, 0.717) is 0 Å². The minimum Gasteiger partial charge on any atom is -0.507 e. The molecule has 0 radical (unpaired) electrons. The van der Waals surface area contributed by atoms with Crippen LogP contribution in [-0.4, -0.2) is 59.0 Å². The average Bonchev–Trinajstić information content (AvgIpc) is 3.36. The van der Waals surface area contributed by atoms with Crippen LogP contribution >= 0.6 is 0 Å². The van der Waals surface area contributed by atoms with Gasteiger partial charge < -0.3 is 20.8 Å². The Kier molecular flexibility index (Phi) is 7.93. The van der Waals surface area contributed by atoms with Crippen LogP contribution in [0, 0.1) is 13.8 Å². The van der Waals surface area contributed by atoms with Crippen LogP contribution in [0.25, 0.3) is 21.5 Å². The molecule has 2 aliphatic heterocycles. The number of aryl methyl sites for hydroxylation is 2. The molecule has 0 saturated carbocycles. The van der Waals surface area contributed by atoms with Crippen LogP contribution < -0.4 is 19.2 Å². The molecule has 2 amide bonds. The SMILES string of the molecule is Cc1ccc2c(NC(=O)Nc3c4ccc(C)c3S(=O)(=O)N4c3ccc(O)c4cccc(S(=O)(=O)O)c34)c1S(=O)(=O)N2c1ccc(O)c2cccc(S(=O)(=O)O)c12.